The number of nitrogens with zero attached hydrogens (tertiary/aromatic N) is 1. The zero-order valence-electron chi connectivity index (χ0n) is 25.1. The highest BCUT2D eigenvalue weighted by atomic mass is 28.4. The number of aromatic nitrogens is 1. The van der Waals surface area contributed by atoms with Crippen LogP contribution in [0, 0.1) is 11.2 Å². The van der Waals surface area contributed by atoms with E-state index < -0.39 is 13.7 Å². The first kappa shape index (κ1) is 31.2. The molecule has 0 unspecified atom stereocenters. The molecular formula is C31H48FNO3Si. The molecule has 0 amide bonds. The third kappa shape index (κ3) is 7.29. The quantitative estimate of drug-likeness (QED) is 0.227. The zero-order chi connectivity index (χ0) is 28.3. The first-order valence-corrected chi connectivity index (χ1v) is 16.5. The summed E-state index contributed by atoms with van der Waals surface area (Å²) in [5.74, 6) is -0.255. The lowest BCUT2D eigenvalue weighted by atomic mass is 9.87. The highest BCUT2D eigenvalue weighted by Crippen LogP contribution is 2.41. The highest BCUT2D eigenvalue weighted by molar-refractivity contribution is 6.74. The smallest absolute Gasteiger partial charge is 0.311 e. The molecule has 0 saturated heterocycles. The van der Waals surface area contributed by atoms with Gasteiger partial charge in [-0.25, -0.2) is 4.39 Å². The third-order valence-corrected chi connectivity index (χ3v) is 12.3. The predicted molar refractivity (Wildman–Crippen MR) is 154 cm³/mol. The van der Waals surface area contributed by atoms with Crippen LogP contribution in [0.15, 0.2) is 24.3 Å². The summed E-state index contributed by atoms with van der Waals surface area (Å²) in [4.78, 5) is 18.1. The fraction of sp³-hybridized carbons (Fsp3) is 0.613. The van der Waals surface area contributed by atoms with Crippen LogP contribution in [-0.4, -0.2) is 19.3 Å². The summed E-state index contributed by atoms with van der Waals surface area (Å²) >= 11 is 0. The molecule has 0 fully saturated rings. The summed E-state index contributed by atoms with van der Waals surface area (Å²) < 4.78 is 26.6. The van der Waals surface area contributed by atoms with Crippen molar-refractivity contribution in [2.45, 2.75) is 119 Å². The predicted octanol–water partition coefficient (Wildman–Crippen LogP) is 9.14. The molecule has 2 aromatic rings. The largest absolute Gasteiger partial charge is 0.460 e. The third-order valence-electron chi connectivity index (χ3n) is 7.86. The van der Waals surface area contributed by atoms with Crippen molar-refractivity contribution in [1.29, 1.82) is 0 Å². The normalized spacial score (nSPS) is 12.9. The van der Waals surface area contributed by atoms with Crippen molar-refractivity contribution in [1.82, 2.24) is 4.98 Å². The van der Waals surface area contributed by atoms with Gasteiger partial charge in [0.15, 0.2) is 8.32 Å². The number of pyridine rings is 1. The molecule has 0 bridgehead atoms. The molecule has 0 aliphatic carbocycles. The van der Waals surface area contributed by atoms with E-state index in [1.807, 2.05) is 20.8 Å². The molecule has 0 radical (unpaired) electrons. The van der Waals surface area contributed by atoms with Crippen molar-refractivity contribution < 1.29 is 18.3 Å². The molecule has 2 rings (SSSR count). The van der Waals surface area contributed by atoms with Crippen molar-refractivity contribution in [3.63, 3.8) is 0 Å². The second-order valence-electron chi connectivity index (χ2n) is 12.9. The van der Waals surface area contributed by atoms with Crippen LogP contribution in [0.1, 0.15) is 110 Å². The average molecular weight is 530 g/mol. The monoisotopic (exact) mass is 529 g/mol. The maximum absolute atomic E-state index is 14.0. The molecule has 0 aliphatic rings. The number of rotatable bonds is 10. The second kappa shape index (κ2) is 11.8. The summed E-state index contributed by atoms with van der Waals surface area (Å²) in [5.41, 5.74) is 5.00. The van der Waals surface area contributed by atoms with Crippen LogP contribution in [-0.2, 0) is 27.2 Å². The van der Waals surface area contributed by atoms with Crippen LogP contribution >= 0.6 is 0 Å². The highest BCUT2D eigenvalue weighted by Gasteiger charge is 2.38. The number of ether oxygens (including phenoxy) is 1. The number of hydrogen-bond donors (Lipinski definition) is 0. The van der Waals surface area contributed by atoms with Gasteiger partial charge in [-0.15, -0.1) is 0 Å². The van der Waals surface area contributed by atoms with Crippen LogP contribution in [0.2, 0.25) is 18.1 Å². The Balaban J connectivity index is 2.82. The van der Waals surface area contributed by atoms with Gasteiger partial charge >= 0.3 is 5.97 Å². The minimum Gasteiger partial charge on any atom is -0.460 e. The molecule has 1 heterocycles. The maximum Gasteiger partial charge on any atom is 0.311 e. The van der Waals surface area contributed by atoms with Gasteiger partial charge in [0.1, 0.15) is 12.4 Å². The number of halogens is 1. The average Bonchev–Trinajstić information content (AvgIpc) is 2.80. The molecule has 6 heteroatoms. The molecule has 1 aromatic heterocycles. The lowest BCUT2D eigenvalue weighted by Gasteiger charge is -2.37. The fourth-order valence-electron chi connectivity index (χ4n) is 3.86. The SMILES string of the molecule is CCC(C)(C)C(=O)OCc1c(C(C)C)nc(C(C)C)c(CO[Si](C)(C)C(C)(C)C)c1-c1ccc(F)cc1. The van der Waals surface area contributed by atoms with E-state index in [-0.39, 0.29) is 35.3 Å². The Bertz CT molecular complexity index is 1080. The minimum atomic E-state index is -2.07. The van der Waals surface area contributed by atoms with E-state index in [1.54, 1.807) is 12.1 Å². The first-order chi connectivity index (χ1) is 16.9. The second-order valence-corrected chi connectivity index (χ2v) is 17.7. The number of esters is 1. The van der Waals surface area contributed by atoms with Gasteiger partial charge in [-0.2, -0.15) is 0 Å². The van der Waals surface area contributed by atoms with Crippen molar-refractivity contribution in [2.75, 3.05) is 0 Å². The van der Waals surface area contributed by atoms with E-state index >= 15 is 0 Å². The van der Waals surface area contributed by atoms with E-state index in [1.165, 1.54) is 12.1 Å². The maximum atomic E-state index is 14.0. The summed E-state index contributed by atoms with van der Waals surface area (Å²) in [6.45, 7) is 26.0. The molecular weight excluding hydrogens is 481 g/mol. The first-order valence-electron chi connectivity index (χ1n) is 13.6. The Morgan fingerprint density at radius 2 is 1.41 bits per heavy atom. The zero-order valence-corrected chi connectivity index (χ0v) is 26.1. The fourth-order valence-corrected chi connectivity index (χ4v) is 4.80. The molecule has 206 valence electrons. The van der Waals surface area contributed by atoms with Crippen molar-refractivity contribution in [2.24, 2.45) is 5.41 Å². The molecule has 4 nitrogen and oxygen atoms in total. The molecule has 0 atom stereocenters. The summed E-state index contributed by atoms with van der Waals surface area (Å²) in [7, 11) is -2.07. The van der Waals surface area contributed by atoms with Gasteiger partial charge in [-0.1, -0.05) is 67.5 Å². The Kier molecular flexibility index (Phi) is 9.92. The molecule has 0 saturated carbocycles. The van der Waals surface area contributed by atoms with Crippen LogP contribution < -0.4 is 0 Å². The van der Waals surface area contributed by atoms with Crippen molar-refractivity contribution in [3.05, 3.63) is 52.6 Å². The Labute approximate surface area is 225 Å². The topological polar surface area (TPSA) is 48.4 Å². The molecule has 1 aromatic carbocycles. The van der Waals surface area contributed by atoms with Gasteiger partial charge in [-0.05, 0) is 73.5 Å². The lowest BCUT2D eigenvalue weighted by molar-refractivity contribution is -0.155. The molecule has 0 N–H and O–H groups in total. The van der Waals surface area contributed by atoms with E-state index in [4.69, 9.17) is 14.1 Å². The van der Waals surface area contributed by atoms with Crippen molar-refractivity contribution in [3.8, 4) is 11.1 Å². The van der Waals surface area contributed by atoms with E-state index in [0.29, 0.717) is 13.0 Å². The Morgan fingerprint density at radius 1 is 0.919 bits per heavy atom. The number of carbonyl (C=O) groups excluding carboxylic acids is 1. The van der Waals surface area contributed by atoms with Crippen LogP contribution in [0.3, 0.4) is 0 Å². The number of benzene rings is 1. The number of hydrogen-bond acceptors (Lipinski definition) is 4. The van der Waals surface area contributed by atoms with E-state index in [2.05, 4.69) is 61.6 Å². The number of carbonyl (C=O) groups is 1. The Hall–Kier alpha value is -2.05. The van der Waals surface area contributed by atoms with Gasteiger partial charge in [0.2, 0.25) is 0 Å². The summed E-state index contributed by atoms with van der Waals surface area (Å²) in [5, 5.41) is 0.0520. The lowest BCUT2D eigenvalue weighted by Crippen LogP contribution is -2.40. The van der Waals surface area contributed by atoms with Crippen molar-refractivity contribution >= 4 is 14.3 Å². The van der Waals surface area contributed by atoms with Gasteiger partial charge in [0.25, 0.3) is 0 Å². The molecule has 0 aliphatic heterocycles. The van der Waals surface area contributed by atoms with Gasteiger partial charge < -0.3 is 9.16 Å². The summed E-state index contributed by atoms with van der Waals surface area (Å²) in [6.07, 6.45) is 0.684. The van der Waals surface area contributed by atoms with E-state index in [9.17, 15) is 9.18 Å². The van der Waals surface area contributed by atoms with E-state index in [0.717, 1.165) is 33.6 Å². The van der Waals surface area contributed by atoms with Crippen LogP contribution in [0.4, 0.5) is 4.39 Å². The standard InChI is InChI=1S/C31H48FNO3Si/c1-13-31(9,10)29(34)35-18-24-26(22-14-16-23(32)17-15-22)25(19-36-37(11,12)30(6,7)8)28(21(4)5)33-27(24)20(2)3/h14-17,20-21H,13,18-19H2,1-12H3. The molecule has 37 heavy (non-hydrogen) atoms. The minimum absolute atomic E-state index is 0.0520. The van der Waals surface area contributed by atoms with Gasteiger partial charge in [0, 0.05) is 16.8 Å². The van der Waals surface area contributed by atoms with Crippen LogP contribution in [0.25, 0.3) is 11.1 Å². The van der Waals surface area contributed by atoms with Crippen LogP contribution in [0.5, 0.6) is 0 Å². The molecule has 0 spiro atoms. The van der Waals surface area contributed by atoms with Gasteiger partial charge in [0.05, 0.1) is 17.7 Å². The summed E-state index contributed by atoms with van der Waals surface area (Å²) in [6, 6.07) is 6.56. The Morgan fingerprint density at radius 3 is 1.84 bits per heavy atom. The van der Waals surface area contributed by atoms with Gasteiger partial charge in [-0.3, -0.25) is 9.78 Å².